The van der Waals surface area contributed by atoms with Crippen molar-refractivity contribution in [1.82, 2.24) is 9.80 Å². The van der Waals surface area contributed by atoms with Crippen molar-refractivity contribution in [2.45, 2.75) is 13.3 Å². The van der Waals surface area contributed by atoms with Crippen molar-refractivity contribution >= 4 is 11.7 Å². The lowest BCUT2D eigenvalue weighted by Gasteiger charge is -2.34. The van der Waals surface area contributed by atoms with Gasteiger partial charge in [-0.25, -0.2) is 4.79 Å². The minimum atomic E-state index is -0.00710. The highest BCUT2D eigenvalue weighted by atomic mass is 16.2. The van der Waals surface area contributed by atoms with Crippen LogP contribution in [0.3, 0.4) is 0 Å². The van der Waals surface area contributed by atoms with E-state index in [1.54, 1.807) is 0 Å². The standard InChI is InChI=1S/C15H24N4O/c1-13-3-5-14(6-4-13)17-15(20)19-11-9-18(10-12-19)8-2-7-16/h3-6H,2,7-12,16H2,1H3,(H,17,20). The third kappa shape index (κ3) is 4.21. The van der Waals surface area contributed by atoms with Gasteiger partial charge in [0.25, 0.3) is 0 Å². The van der Waals surface area contributed by atoms with Crippen molar-refractivity contribution in [3.63, 3.8) is 0 Å². The summed E-state index contributed by atoms with van der Waals surface area (Å²) in [7, 11) is 0. The lowest BCUT2D eigenvalue weighted by molar-refractivity contribution is 0.147. The van der Waals surface area contributed by atoms with Gasteiger partial charge >= 0.3 is 6.03 Å². The van der Waals surface area contributed by atoms with E-state index in [-0.39, 0.29) is 6.03 Å². The van der Waals surface area contributed by atoms with Gasteiger partial charge in [-0.15, -0.1) is 0 Å². The molecule has 110 valence electrons. The molecule has 0 aliphatic carbocycles. The van der Waals surface area contributed by atoms with Gasteiger partial charge in [-0.1, -0.05) is 17.7 Å². The van der Waals surface area contributed by atoms with Crippen LogP contribution < -0.4 is 11.1 Å². The summed E-state index contributed by atoms with van der Waals surface area (Å²) in [5.74, 6) is 0. The first kappa shape index (κ1) is 14.8. The number of carbonyl (C=O) groups is 1. The van der Waals surface area contributed by atoms with Crippen LogP contribution >= 0.6 is 0 Å². The summed E-state index contributed by atoms with van der Waals surface area (Å²) >= 11 is 0. The highest BCUT2D eigenvalue weighted by Gasteiger charge is 2.20. The SMILES string of the molecule is Cc1ccc(NC(=O)N2CCN(CCCN)CC2)cc1. The number of carbonyl (C=O) groups excluding carboxylic acids is 1. The highest BCUT2D eigenvalue weighted by molar-refractivity contribution is 5.89. The predicted molar refractivity (Wildman–Crippen MR) is 81.9 cm³/mol. The van der Waals surface area contributed by atoms with E-state index in [1.165, 1.54) is 5.56 Å². The number of urea groups is 1. The quantitative estimate of drug-likeness (QED) is 0.876. The molecule has 5 nitrogen and oxygen atoms in total. The van der Waals surface area contributed by atoms with Crippen LogP contribution in [0.25, 0.3) is 0 Å². The second kappa shape index (κ2) is 7.26. The van der Waals surface area contributed by atoms with Gasteiger partial charge < -0.3 is 16.0 Å². The third-order valence-electron chi connectivity index (χ3n) is 3.64. The van der Waals surface area contributed by atoms with E-state index in [4.69, 9.17) is 5.73 Å². The van der Waals surface area contributed by atoms with Crippen molar-refractivity contribution in [2.24, 2.45) is 5.73 Å². The molecule has 20 heavy (non-hydrogen) atoms. The van der Waals surface area contributed by atoms with Crippen LogP contribution in [0.1, 0.15) is 12.0 Å². The van der Waals surface area contributed by atoms with Crippen molar-refractivity contribution in [1.29, 1.82) is 0 Å². The average Bonchev–Trinajstić information content (AvgIpc) is 2.48. The fourth-order valence-corrected chi connectivity index (χ4v) is 2.33. The number of benzene rings is 1. The van der Waals surface area contributed by atoms with Crippen molar-refractivity contribution in [3.8, 4) is 0 Å². The Hall–Kier alpha value is -1.59. The first-order valence-electron chi connectivity index (χ1n) is 7.24. The van der Waals surface area contributed by atoms with Crippen LogP contribution in [0.5, 0.6) is 0 Å². The maximum absolute atomic E-state index is 12.1. The summed E-state index contributed by atoms with van der Waals surface area (Å²) in [6.07, 6.45) is 1.02. The summed E-state index contributed by atoms with van der Waals surface area (Å²) in [5.41, 5.74) is 7.56. The topological polar surface area (TPSA) is 61.6 Å². The Balaban J connectivity index is 1.78. The van der Waals surface area contributed by atoms with E-state index in [1.807, 2.05) is 36.1 Å². The number of hydrogen-bond acceptors (Lipinski definition) is 3. The maximum atomic E-state index is 12.1. The molecule has 0 bridgehead atoms. The zero-order chi connectivity index (χ0) is 14.4. The largest absolute Gasteiger partial charge is 0.330 e. The zero-order valence-corrected chi connectivity index (χ0v) is 12.1. The zero-order valence-electron chi connectivity index (χ0n) is 12.1. The van der Waals surface area contributed by atoms with E-state index >= 15 is 0 Å². The summed E-state index contributed by atoms with van der Waals surface area (Å²) in [5, 5.41) is 2.95. The molecule has 1 aromatic carbocycles. The number of rotatable bonds is 4. The maximum Gasteiger partial charge on any atom is 0.321 e. The molecule has 1 aliphatic heterocycles. The molecule has 2 amide bonds. The monoisotopic (exact) mass is 276 g/mol. The predicted octanol–water partition coefficient (Wildman–Crippen LogP) is 1.49. The molecule has 0 aromatic heterocycles. The Morgan fingerprint density at radius 3 is 2.45 bits per heavy atom. The minimum Gasteiger partial charge on any atom is -0.330 e. The van der Waals surface area contributed by atoms with E-state index in [9.17, 15) is 4.79 Å². The van der Waals surface area contributed by atoms with Gasteiger partial charge in [0.2, 0.25) is 0 Å². The van der Waals surface area contributed by atoms with Gasteiger partial charge in [-0.05, 0) is 38.6 Å². The number of amides is 2. The molecular formula is C15H24N4O. The van der Waals surface area contributed by atoms with E-state index in [0.717, 1.165) is 51.4 Å². The smallest absolute Gasteiger partial charge is 0.321 e. The van der Waals surface area contributed by atoms with Gasteiger partial charge in [0.05, 0.1) is 0 Å². The third-order valence-corrected chi connectivity index (χ3v) is 3.64. The Kier molecular flexibility index (Phi) is 5.38. The molecule has 0 atom stereocenters. The number of nitrogens with zero attached hydrogens (tertiary/aromatic N) is 2. The van der Waals surface area contributed by atoms with E-state index in [0.29, 0.717) is 0 Å². The molecule has 2 rings (SSSR count). The summed E-state index contributed by atoms with van der Waals surface area (Å²) in [6.45, 7) is 7.22. The lowest BCUT2D eigenvalue weighted by atomic mass is 10.2. The van der Waals surface area contributed by atoms with Gasteiger partial charge in [0.1, 0.15) is 0 Å². The molecule has 1 saturated heterocycles. The number of nitrogens with one attached hydrogen (secondary N) is 1. The molecule has 1 fully saturated rings. The van der Waals surface area contributed by atoms with Crippen molar-refractivity contribution in [2.75, 3.05) is 44.6 Å². The van der Waals surface area contributed by atoms with Gasteiger partial charge in [0, 0.05) is 31.9 Å². The van der Waals surface area contributed by atoms with E-state index < -0.39 is 0 Å². The van der Waals surface area contributed by atoms with Gasteiger partial charge in [-0.2, -0.15) is 0 Å². The molecule has 3 N–H and O–H groups in total. The molecular weight excluding hydrogens is 252 g/mol. The van der Waals surface area contributed by atoms with Crippen LogP contribution in [-0.4, -0.2) is 55.1 Å². The first-order chi connectivity index (χ1) is 9.69. The fraction of sp³-hybridized carbons (Fsp3) is 0.533. The van der Waals surface area contributed by atoms with Gasteiger partial charge in [0.15, 0.2) is 0 Å². The van der Waals surface area contributed by atoms with Gasteiger partial charge in [-0.3, -0.25) is 4.90 Å². The number of anilines is 1. The molecule has 0 radical (unpaired) electrons. The summed E-state index contributed by atoms with van der Waals surface area (Å²) < 4.78 is 0. The second-order valence-corrected chi connectivity index (χ2v) is 5.27. The minimum absolute atomic E-state index is 0.00710. The highest BCUT2D eigenvalue weighted by Crippen LogP contribution is 2.11. The Morgan fingerprint density at radius 1 is 1.20 bits per heavy atom. The van der Waals surface area contributed by atoms with E-state index in [2.05, 4.69) is 10.2 Å². The molecule has 5 heteroatoms. The molecule has 1 heterocycles. The second-order valence-electron chi connectivity index (χ2n) is 5.27. The number of hydrogen-bond donors (Lipinski definition) is 2. The Bertz CT molecular complexity index is 424. The normalized spacial score (nSPS) is 16.2. The lowest BCUT2D eigenvalue weighted by Crippen LogP contribution is -2.50. The average molecular weight is 276 g/mol. The summed E-state index contributed by atoms with van der Waals surface area (Å²) in [4.78, 5) is 16.4. The summed E-state index contributed by atoms with van der Waals surface area (Å²) in [6, 6.07) is 7.86. The van der Waals surface area contributed by atoms with Crippen LogP contribution in [0, 0.1) is 6.92 Å². The molecule has 0 unspecified atom stereocenters. The Morgan fingerprint density at radius 2 is 1.85 bits per heavy atom. The number of nitrogens with two attached hydrogens (primary N) is 1. The Labute approximate surface area is 120 Å². The van der Waals surface area contributed by atoms with Crippen LogP contribution in [0.15, 0.2) is 24.3 Å². The number of aryl methyl sites for hydroxylation is 1. The van der Waals surface area contributed by atoms with Crippen molar-refractivity contribution < 1.29 is 4.79 Å². The molecule has 0 spiro atoms. The van der Waals surface area contributed by atoms with Crippen LogP contribution in [0.2, 0.25) is 0 Å². The molecule has 1 aliphatic rings. The van der Waals surface area contributed by atoms with Crippen molar-refractivity contribution in [3.05, 3.63) is 29.8 Å². The number of piperazine rings is 1. The molecule has 1 aromatic rings. The van der Waals surface area contributed by atoms with Crippen LogP contribution in [-0.2, 0) is 0 Å². The van der Waals surface area contributed by atoms with Crippen LogP contribution in [0.4, 0.5) is 10.5 Å². The first-order valence-corrected chi connectivity index (χ1v) is 7.24. The fourth-order valence-electron chi connectivity index (χ4n) is 2.33. The molecule has 0 saturated carbocycles.